The van der Waals surface area contributed by atoms with Crippen molar-refractivity contribution in [2.45, 2.75) is 98.5 Å². The number of nitriles is 1. The molecule has 0 amide bonds. The van der Waals surface area contributed by atoms with E-state index in [4.69, 9.17) is 0 Å². The number of ketones is 1. The highest BCUT2D eigenvalue weighted by Gasteiger charge is 2.72. The van der Waals surface area contributed by atoms with Gasteiger partial charge in [-0.05, 0) is 79.6 Å². The molecular formula is C30H41NO5. The average molecular weight is 496 g/mol. The number of hydrogen-bond acceptors (Lipinski definition) is 5. The van der Waals surface area contributed by atoms with Crippen LogP contribution in [0.3, 0.4) is 0 Å². The molecule has 0 saturated heterocycles. The first-order valence-corrected chi connectivity index (χ1v) is 13.6. The molecule has 5 aliphatic carbocycles. The van der Waals surface area contributed by atoms with E-state index in [2.05, 4.69) is 33.8 Å². The summed E-state index contributed by atoms with van der Waals surface area (Å²) in [6.07, 6.45) is 6.32. The van der Waals surface area contributed by atoms with Crippen molar-refractivity contribution in [2.75, 3.05) is 0 Å². The number of allylic oxidation sites excluding steroid dienone is 3. The van der Waals surface area contributed by atoms with Crippen LogP contribution in [0.4, 0.5) is 0 Å². The monoisotopic (exact) mass is 495 g/mol. The summed E-state index contributed by atoms with van der Waals surface area (Å²) in [4.78, 5) is 26.8. The number of rotatable bonds is 1. The summed E-state index contributed by atoms with van der Waals surface area (Å²) in [5.41, 5.74) is -3.16. The van der Waals surface area contributed by atoms with Crippen LogP contribution in [0.5, 0.6) is 0 Å². The number of aliphatic carboxylic acids is 1. The van der Waals surface area contributed by atoms with Crippen LogP contribution in [0, 0.1) is 56.2 Å². The lowest BCUT2D eigenvalue weighted by molar-refractivity contribution is -0.217. The molecule has 6 nitrogen and oxygen atoms in total. The number of nitrogens with zero attached hydrogens (tertiary/aromatic N) is 1. The van der Waals surface area contributed by atoms with Crippen molar-refractivity contribution in [3.63, 3.8) is 0 Å². The molecule has 3 saturated carbocycles. The molecule has 5 aliphatic rings. The molecule has 196 valence electrons. The van der Waals surface area contributed by atoms with Crippen LogP contribution in [0.2, 0.25) is 0 Å². The summed E-state index contributed by atoms with van der Waals surface area (Å²) < 4.78 is 0. The normalized spacial score (nSPS) is 46.9. The van der Waals surface area contributed by atoms with Gasteiger partial charge in [-0.2, -0.15) is 5.26 Å². The van der Waals surface area contributed by atoms with E-state index in [1.165, 1.54) is 0 Å². The van der Waals surface area contributed by atoms with Crippen LogP contribution in [-0.4, -0.2) is 32.7 Å². The fraction of sp³-hybridized carbons (Fsp3) is 0.767. The van der Waals surface area contributed by atoms with Crippen molar-refractivity contribution in [1.29, 1.82) is 5.26 Å². The van der Waals surface area contributed by atoms with Crippen LogP contribution in [0.15, 0.2) is 23.0 Å². The minimum Gasteiger partial charge on any atom is -0.511 e. The third-order valence-corrected chi connectivity index (χ3v) is 11.9. The molecule has 0 aliphatic heterocycles. The van der Waals surface area contributed by atoms with Gasteiger partial charge in [0.05, 0.1) is 17.1 Å². The van der Waals surface area contributed by atoms with Gasteiger partial charge in [-0.25, -0.2) is 0 Å². The number of hydrogen-bond donors (Lipinski definition) is 3. The van der Waals surface area contributed by atoms with Crippen molar-refractivity contribution in [2.24, 2.45) is 44.8 Å². The number of fused-ring (bicyclic) bond motifs is 7. The number of carboxylic acids is 1. The second kappa shape index (κ2) is 7.25. The third-order valence-electron chi connectivity index (χ3n) is 11.9. The largest absolute Gasteiger partial charge is 0.511 e. The molecule has 0 heterocycles. The van der Waals surface area contributed by atoms with Gasteiger partial charge in [0.1, 0.15) is 11.4 Å². The van der Waals surface area contributed by atoms with Gasteiger partial charge in [-0.15, -0.1) is 0 Å². The van der Waals surface area contributed by atoms with Gasteiger partial charge in [-0.1, -0.05) is 47.1 Å². The zero-order valence-electron chi connectivity index (χ0n) is 22.6. The zero-order valence-corrected chi connectivity index (χ0v) is 22.6. The number of carbonyl (C=O) groups is 2. The average Bonchev–Trinajstić information content (AvgIpc) is 2.78. The standard InChI is InChI=1S/C30H41NO5/c1-25(2)11-12-29(24(34)35)10-8-19-27(5)9-7-18-26(3,4)23(33)17(16-31)14-28(18,6)20(27)13-22(32)30(19,36)21(29)15-25/h13,18-19,21,33,36H,7-12,14-15H2,1-6H3,(H,34,35). The molecule has 0 aromatic heterocycles. The topological polar surface area (TPSA) is 119 Å². The highest BCUT2D eigenvalue weighted by Crippen LogP contribution is 2.72. The maximum Gasteiger partial charge on any atom is 0.310 e. The molecule has 0 aromatic carbocycles. The number of aliphatic hydroxyl groups is 2. The maximum absolute atomic E-state index is 14.1. The fourth-order valence-corrected chi connectivity index (χ4v) is 9.99. The van der Waals surface area contributed by atoms with Gasteiger partial charge in [0.2, 0.25) is 0 Å². The summed E-state index contributed by atoms with van der Waals surface area (Å²) in [5, 5.41) is 43.7. The second-order valence-corrected chi connectivity index (χ2v) is 14.5. The maximum atomic E-state index is 14.1. The van der Waals surface area contributed by atoms with Crippen LogP contribution in [0.25, 0.3) is 0 Å². The Bertz CT molecular complexity index is 1160. The van der Waals surface area contributed by atoms with E-state index in [1.807, 2.05) is 13.8 Å². The first-order chi connectivity index (χ1) is 16.5. The Kier molecular flexibility index (Phi) is 5.14. The van der Waals surface area contributed by atoms with E-state index in [9.17, 15) is 30.2 Å². The highest BCUT2D eigenvalue weighted by atomic mass is 16.4. The van der Waals surface area contributed by atoms with Gasteiger partial charge in [0.25, 0.3) is 0 Å². The van der Waals surface area contributed by atoms with Crippen LogP contribution >= 0.6 is 0 Å². The summed E-state index contributed by atoms with van der Waals surface area (Å²) in [6, 6.07) is 2.22. The number of aliphatic hydroxyl groups excluding tert-OH is 1. The quantitative estimate of drug-likeness (QED) is 0.428. The Morgan fingerprint density at radius 3 is 2.22 bits per heavy atom. The van der Waals surface area contributed by atoms with Crippen molar-refractivity contribution < 1.29 is 24.9 Å². The predicted molar refractivity (Wildman–Crippen MR) is 135 cm³/mol. The van der Waals surface area contributed by atoms with E-state index in [-0.39, 0.29) is 28.8 Å². The smallest absolute Gasteiger partial charge is 0.310 e. The lowest BCUT2D eigenvalue weighted by Gasteiger charge is -2.67. The van der Waals surface area contributed by atoms with Gasteiger partial charge < -0.3 is 15.3 Å². The third kappa shape index (κ3) is 2.87. The minimum absolute atomic E-state index is 0.0516. The molecular weight excluding hydrogens is 454 g/mol. The van der Waals surface area contributed by atoms with E-state index in [1.54, 1.807) is 6.08 Å². The minimum atomic E-state index is -1.71. The van der Waals surface area contributed by atoms with Crippen molar-refractivity contribution in [3.05, 3.63) is 23.0 Å². The van der Waals surface area contributed by atoms with Crippen molar-refractivity contribution >= 4 is 11.8 Å². The summed E-state index contributed by atoms with van der Waals surface area (Å²) in [7, 11) is 0. The lowest BCUT2D eigenvalue weighted by atomic mass is 9.37. The molecule has 0 aromatic rings. The molecule has 0 spiro atoms. The molecule has 0 bridgehead atoms. The summed E-state index contributed by atoms with van der Waals surface area (Å²) in [6.45, 7) is 12.5. The predicted octanol–water partition coefficient (Wildman–Crippen LogP) is 5.72. The van der Waals surface area contributed by atoms with Gasteiger partial charge in [-0.3, -0.25) is 9.59 Å². The van der Waals surface area contributed by atoms with Crippen molar-refractivity contribution in [1.82, 2.24) is 0 Å². The fourth-order valence-electron chi connectivity index (χ4n) is 9.99. The van der Waals surface area contributed by atoms with Crippen LogP contribution in [0.1, 0.15) is 92.9 Å². The van der Waals surface area contributed by atoms with E-state index < -0.39 is 39.1 Å². The van der Waals surface area contributed by atoms with E-state index in [0.29, 0.717) is 37.7 Å². The molecule has 6 heteroatoms. The number of carboxylic acid groups (broad SMARTS) is 1. The Hall–Kier alpha value is -2.13. The highest BCUT2D eigenvalue weighted by molar-refractivity contribution is 6.00. The zero-order chi connectivity index (χ0) is 26.7. The Morgan fingerprint density at radius 2 is 1.61 bits per heavy atom. The lowest BCUT2D eigenvalue weighted by Crippen LogP contribution is -2.70. The SMILES string of the molecule is CC1(C)CCC2(C(=O)O)CCC3C4(C)CCC5C(C)(C)C(O)=C(C#N)CC5(C)C4=CC(=O)C3(O)C2C1. The molecule has 5 rings (SSSR count). The van der Waals surface area contributed by atoms with Crippen molar-refractivity contribution in [3.8, 4) is 6.07 Å². The molecule has 36 heavy (non-hydrogen) atoms. The Labute approximate surface area is 214 Å². The first-order valence-electron chi connectivity index (χ1n) is 13.6. The Balaban J connectivity index is 1.69. The molecule has 7 atom stereocenters. The van der Waals surface area contributed by atoms with E-state index in [0.717, 1.165) is 24.8 Å². The van der Waals surface area contributed by atoms with E-state index >= 15 is 0 Å². The number of carbonyl (C=O) groups excluding carboxylic acids is 1. The van der Waals surface area contributed by atoms with Crippen LogP contribution in [-0.2, 0) is 9.59 Å². The summed E-state index contributed by atoms with van der Waals surface area (Å²) >= 11 is 0. The Morgan fingerprint density at radius 1 is 0.972 bits per heavy atom. The van der Waals surface area contributed by atoms with Gasteiger partial charge >= 0.3 is 5.97 Å². The molecule has 3 N–H and O–H groups in total. The molecule has 7 unspecified atom stereocenters. The second-order valence-electron chi connectivity index (χ2n) is 14.5. The van der Waals surface area contributed by atoms with Gasteiger partial charge in [0, 0.05) is 17.3 Å². The van der Waals surface area contributed by atoms with Crippen LogP contribution < -0.4 is 0 Å². The molecule has 0 radical (unpaired) electrons. The summed E-state index contributed by atoms with van der Waals surface area (Å²) in [5.74, 6) is -2.02. The van der Waals surface area contributed by atoms with Gasteiger partial charge in [0.15, 0.2) is 5.78 Å². The first kappa shape index (κ1) is 25.5. The molecule has 3 fully saturated rings.